The van der Waals surface area contributed by atoms with Crippen molar-refractivity contribution < 1.29 is 4.42 Å². The topological polar surface area (TPSA) is 33.5 Å². The fraction of sp³-hybridized carbons (Fsp3) is 0.286. The molecule has 3 heterocycles. The van der Waals surface area contributed by atoms with Crippen molar-refractivity contribution in [2.75, 3.05) is 6.54 Å². The molecule has 2 aliphatic heterocycles. The van der Waals surface area contributed by atoms with E-state index in [0.717, 1.165) is 30.3 Å². The van der Waals surface area contributed by atoms with Gasteiger partial charge in [0.25, 0.3) is 0 Å². The van der Waals surface area contributed by atoms with Crippen molar-refractivity contribution in [3.63, 3.8) is 0 Å². The van der Waals surface area contributed by atoms with Crippen molar-refractivity contribution in [2.24, 2.45) is 0 Å². The Morgan fingerprint density at radius 1 is 1.12 bits per heavy atom. The zero-order valence-electron chi connectivity index (χ0n) is 13.7. The van der Waals surface area contributed by atoms with Gasteiger partial charge >= 0.3 is 5.63 Å². The first-order valence-corrected chi connectivity index (χ1v) is 8.58. The normalized spacial score (nSPS) is 19.6. The SMILES string of the molecule is Cc1ccc2oc(=O)c3c(c2c1)CC1c2ccccc2CCN1C3. The van der Waals surface area contributed by atoms with Crippen molar-refractivity contribution in [2.45, 2.75) is 32.4 Å². The van der Waals surface area contributed by atoms with Crippen LogP contribution in [0.3, 0.4) is 0 Å². The molecule has 120 valence electrons. The highest BCUT2D eigenvalue weighted by Gasteiger charge is 2.34. The van der Waals surface area contributed by atoms with E-state index < -0.39 is 0 Å². The van der Waals surface area contributed by atoms with Crippen LogP contribution in [0, 0.1) is 6.92 Å². The van der Waals surface area contributed by atoms with E-state index in [1.807, 2.05) is 12.1 Å². The molecule has 3 nitrogen and oxygen atoms in total. The lowest BCUT2D eigenvalue weighted by molar-refractivity contribution is 0.159. The molecule has 0 spiro atoms. The molecule has 0 amide bonds. The standard InChI is InChI=1S/C21H19NO2/c1-13-6-7-20-17(10-13)16-11-19-15-5-3-2-4-14(15)8-9-22(19)12-18(16)21(23)24-20/h2-7,10,19H,8-9,11-12H2,1H3. The average Bonchev–Trinajstić information content (AvgIpc) is 2.61. The van der Waals surface area contributed by atoms with Crippen LogP contribution in [0.2, 0.25) is 0 Å². The highest BCUT2D eigenvalue weighted by Crippen LogP contribution is 2.39. The Bertz CT molecular complexity index is 1020. The quantitative estimate of drug-likeness (QED) is 0.592. The van der Waals surface area contributed by atoms with Gasteiger partial charge in [-0.05, 0) is 48.6 Å². The van der Waals surface area contributed by atoms with Gasteiger partial charge in [-0.15, -0.1) is 0 Å². The summed E-state index contributed by atoms with van der Waals surface area (Å²) < 4.78 is 5.58. The Labute approximate surface area is 140 Å². The summed E-state index contributed by atoms with van der Waals surface area (Å²) in [5, 5.41) is 1.10. The largest absolute Gasteiger partial charge is 0.422 e. The van der Waals surface area contributed by atoms with Crippen LogP contribution in [0.15, 0.2) is 51.7 Å². The van der Waals surface area contributed by atoms with Gasteiger partial charge in [0.15, 0.2) is 0 Å². The summed E-state index contributed by atoms with van der Waals surface area (Å²) in [5.41, 5.74) is 6.64. The van der Waals surface area contributed by atoms with Crippen molar-refractivity contribution in [3.05, 3.63) is 80.7 Å². The molecule has 0 saturated heterocycles. The maximum Gasteiger partial charge on any atom is 0.341 e. The van der Waals surface area contributed by atoms with E-state index in [4.69, 9.17) is 4.42 Å². The molecular formula is C21H19NO2. The van der Waals surface area contributed by atoms with E-state index in [9.17, 15) is 4.79 Å². The van der Waals surface area contributed by atoms with Crippen molar-refractivity contribution in [1.29, 1.82) is 0 Å². The Kier molecular flexibility index (Phi) is 2.95. The lowest BCUT2D eigenvalue weighted by atomic mass is 9.83. The zero-order chi connectivity index (χ0) is 16.3. The van der Waals surface area contributed by atoms with Gasteiger partial charge in [0, 0.05) is 24.5 Å². The molecule has 3 heteroatoms. The van der Waals surface area contributed by atoms with Gasteiger partial charge in [0.2, 0.25) is 0 Å². The minimum Gasteiger partial charge on any atom is -0.422 e. The van der Waals surface area contributed by atoms with E-state index >= 15 is 0 Å². The number of aryl methyl sites for hydroxylation is 1. The van der Waals surface area contributed by atoms with Crippen LogP contribution >= 0.6 is 0 Å². The molecule has 0 radical (unpaired) electrons. The van der Waals surface area contributed by atoms with Gasteiger partial charge in [-0.2, -0.15) is 0 Å². The van der Waals surface area contributed by atoms with Crippen LogP contribution in [0.25, 0.3) is 11.0 Å². The Morgan fingerprint density at radius 3 is 2.92 bits per heavy atom. The molecule has 1 unspecified atom stereocenters. The lowest BCUT2D eigenvalue weighted by Crippen LogP contribution is -2.41. The summed E-state index contributed by atoms with van der Waals surface area (Å²) >= 11 is 0. The van der Waals surface area contributed by atoms with E-state index in [1.54, 1.807) is 0 Å². The number of fused-ring (bicyclic) bond motifs is 6. The third kappa shape index (κ3) is 1.98. The molecule has 0 N–H and O–H groups in total. The van der Waals surface area contributed by atoms with Crippen LogP contribution in [0.5, 0.6) is 0 Å². The van der Waals surface area contributed by atoms with Crippen LogP contribution in [-0.2, 0) is 19.4 Å². The van der Waals surface area contributed by atoms with Crippen LogP contribution < -0.4 is 5.63 Å². The van der Waals surface area contributed by atoms with Gasteiger partial charge in [-0.3, -0.25) is 4.90 Å². The molecule has 2 aromatic carbocycles. The second-order valence-electron chi connectivity index (χ2n) is 6.99. The number of nitrogens with zero attached hydrogens (tertiary/aromatic N) is 1. The molecule has 3 aromatic rings. The predicted molar refractivity (Wildman–Crippen MR) is 94.2 cm³/mol. The fourth-order valence-corrected chi connectivity index (χ4v) is 4.34. The fourth-order valence-electron chi connectivity index (χ4n) is 4.34. The summed E-state index contributed by atoms with van der Waals surface area (Å²) in [4.78, 5) is 14.9. The van der Waals surface area contributed by atoms with E-state index in [2.05, 4.69) is 42.2 Å². The van der Waals surface area contributed by atoms with Crippen molar-refractivity contribution in [1.82, 2.24) is 4.90 Å². The van der Waals surface area contributed by atoms with Crippen molar-refractivity contribution >= 4 is 11.0 Å². The molecule has 1 aromatic heterocycles. The van der Waals surface area contributed by atoms with Gasteiger partial charge in [0.1, 0.15) is 5.58 Å². The Morgan fingerprint density at radius 2 is 2.00 bits per heavy atom. The Hall–Kier alpha value is -2.39. The van der Waals surface area contributed by atoms with Crippen LogP contribution in [-0.4, -0.2) is 11.4 Å². The predicted octanol–water partition coefficient (Wildman–Crippen LogP) is 3.76. The molecule has 5 rings (SSSR count). The van der Waals surface area contributed by atoms with Crippen molar-refractivity contribution in [3.8, 4) is 0 Å². The first-order valence-electron chi connectivity index (χ1n) is 8.58. The first kappa shape index (κ1) is 14.0. The molecule has 0 bridgehead atoms. The third-order valence-electron chi connectivity index (χ3n) is 5.56. The van der Waals surface area contributed by atoms with E-state index in [1.165, 1.54) is 22.3 Å². The smallest absolute Gasteiger partial charge is 0.341 e. The number of benzene rings is 2. The molecule has 0 fully saturated rings. The molecule has 1 atom stereocenters. The van der Waals surface area contributed by atoms with E-state index in [0.29, 0.717) is 18.2 Å². The number of rotatable bonds is 0. The molecule has 2 aliphatic rings. The average molecular weight is 317 g/mol. The van der Waals surface area contributed by atoms with Gasteiger partial charge < -0.3 is 4.42 Å². The highest BCUT2D eigenvalue weighted by molar-refractivity contribution is 5.82. The maximum absolute atomic E-state index is 12.5. The second-order valence-corrected chi connectivity index (χ2v) is 6.99. The highest BCUT2D eigenvalue weighted by atomic mass is 16.4. The maximum atomic E-state index is 12.5. The Balaban J connectivity index is 1.73. The minimum absolute atomic E-state index is 0.168. The van der Waals surface area contributed by atoms with Gasteiger partial charge in [-0.25, -0.2) is 4.79 Å². The summed E-state index contributed by atoms with van der Waals surface area (Å²) in [6.45, 7) is 3.79. The summed E-state index contributed by atoms with van der Waals surface area (Å²) in [6.07, 6.45) is 1.94. The molecule has 0 aliphatic carbocycles. The molecule has 0 saturated carbocycles. The van der Waals surface area contributed by atoms with Gasteiger partial charge in [-0.1, -0.05) is 35.9 Å². The number of hydrogen-bond acceptors (Lipinski definition) is 3. The van der Waals surface area contributed by atoms with Crippen LogP contribution in [0.4, 0.5) is 0 Å². The van der Waals surface area contributed by atoms with E-state index in [-0.39, 0.29) is 5.63 Å². The first-order chi connectivity index (χ1) is 11.7. The van der Waals surface area contributed by atoms with Crippen LogP contribution in [0.1, 0.15) is 33.9 Å². The molecule has 24 heavy (non-hydrogen) atoms. The number of hydrogen-bond donors (Lipinski definition) is 0. The van der Waals surface area contributed by atoms with Gasteiger partial charge in [0.05, 0.1) is 5.56 Å². The summed E-state index contributed by atoms with van der Waals surface area (Å²) in [6, 6.07) is 15.2. The zero-order valence-corrected chi connectivity index (χ0v) is 13.7. The molecular weight excluding hydrogens is 298 g/mol. The third-order valence-corrected chi connectivity index (χ3v) is 5.56. The monoisotopic (exact) mass is 317 g/mol. The lowest BCUT2D eigenvalue weighted by Gasteiger charge is -2.41. The minimum atomic E-state index is -0.168. The summed E-state index contributed by atoms with van der Waals surface area (Å²) in [5.74, 6) is 0. The summed E-state index contributed by atoms with van der Waals surface area (Å²) in [7, 11) is 0. The second kappa shape index (κ2) is 5.05.